The van der Waals surface area contributed by atoms with Gasteiger partial charge in [-0.3, -0.25) is 14.7 Å². The second-order valence-corrected chi connectivity index (χ2v) is 8.71. The van der Waals surface area contributed by atoms with Crippen LogP contribution in [-0.4, -0.2) is 71.1 Å². The van der Waals surface area contributed by atoms with Gasteiger partial charge in [-0.2, -0.15) is 13.2 Å². The van der Waals surface area contributed by atoms with Crippen LogP contribution < -0.4 is 16.3 Å². The first-order valence-corrected chi connectivity index (χ1v) is 11.9. The monoisotopic (exact) mass is 537 g/mol. The van der Waals surface area contributed by atoms with Crippen molar-refractivity contribution in [2.75, 3.05) is 39.5 Å². The van der Waals surface area contributed by atoms with E-state index < -0.39 is 18.4 Å². The SMILES string of the molecule is C/C(N)=N/N(N)Cc1cc(C(F)(F)F)ccc1/C=C/C(=O)N1CCN(Cc2ccc(OCCF)cn2)CC1. The smallest absolute Gasteiger partial charge is 0.416 e. The van der Waals surface area contributed by atoms with Crippen molar-refractivity contribution in [3.63, 3.8) is 0 Å². The number of amides is 1. The van der Waals surface area contributed by atoms with E-state index in [2.05, 4.69) is 15.0 Å². The summed E-state index contributed by atoms with van der Waals surface area (Å²) in [6.45, 7) is 3.61. The summed E-state index contributed by atoms with van der Waals surface area (Å²) in [5, 5.41) is 4.77. The molecular formula is C25H31F4N7O2. The van der Waals surface area contributed by atoms with Crippen LogP contribution in [0.2, 0.25) is 0 Å². The zero-order valence-corrected chi connectivity index (χ0v) is 21.0. The lowest BCUT2D eigenvalue weighted by Crippen LogP contribution is -2.47. The summed E-state index contributed by atoms with van der Waals surface area (Å²) in [4.78, 5) is 20.9. The molecule has 1 fully saturated rings. The van der Waals surface area contributed by atoms with Gasteiger partial charge in [0.2, 0.25) is 5.91 Å². The summed E-state index contributed by atoms with van der Waals surface area (Å²) >= 11 is 0. The van der Waals surface area contributed by atoms with Gasteiger partial charge >= 0.3 is 6.18 Å². The van der Waals surface area contributed by atoms with Gasteiger partial charge in [0, 0.05) is 38.8 Å². The number of pyridine rings is 1. The number of ether oxygens (including phenoxy) is 1. The molecule has 0 aliphatic carbocycles. The predicted octanol–water partition coefficient (Wildman–Crippen LogP) is 2.77. The molecule has 3 rings (SSSR count). The maximum Gasteiger partial charge on any atom is 0.416 e. The number of piperazine rings is 1. The zero-order chi connectivity index (χ0) is 27.7. The molecule has 0 radical (unpaired) electrons. The summed E-state index contributed by atoms with van der Waals surface area (Å²) in [6, 6.07) is 6.80. The summed E-state index contributed by atoms with van der Waals surface area (Å²) < 4.78 is 57.1. The van der Waals surface area contributed by atoms with Crippen molar-refractivity contribution < 1.29 is 27.1 Å². The van der Waals surface area contributed by atoms with Crippen molar-refractivity contribution in [3.05, 3.63) is 65.0 Å². The van der Waals surface area contributed by atoms with E-state index in [9.17, 15) is 22.4 Å². The Labute approximate surface area is 218 Å². The first-order valence-electron chi connectivity index (χ1n) is 11.9. The maximum atomic E-state index is 13.2. The van der Waals surface area contributed by atoms with Crippen molar-refractivity contribution >= 4 is 17.8 Å². The number of halogens is 4. The first kappa shape index (κ1) is 28.9. The number of carbonyl (C=O) groups is 1. The number of aromatic nitrogens is 1. The molecule has 0 atom stereocenters. The molecule has 0 saturated carbocycles. The zero-order valence-electron chi connectivity index (χ0n) is 21.0. The number of hydrazone groups is 1. The molecule has 9 nitrogen and oxygen atoms in total. The molecule has 0 bridgehead atoms. The topological polar surface area (TPSA) is 113 Å². The number of nitrogens with zero attached hydrogens (tertiary/aromatic N) is 5. The van der Waals surface area contributed by atoms with Crippen LogP contribution in [0.25, 0.3) is 6.08 Å². The Kier molecular flexibility index (Phi) is 10.0. The molecule has 1 aliphatic rings. The highest BCUT2D eigenvalue weighted by atomic mass is 19.4. The number of carbonyl (C=O) groups excluding carboxylic acids is 1. The molecule has 206 valence electrons. The lowest BCUT2D eigenvalue weighted by atomic mass is 10.0. The van der Waals surface area contributed by atoms with Gasteiger partial charge in [-0.1, -0.05) is 6.07 Å². The molecule has 1 aromatic heterocycles. The van der Waals surface area contributed by atoms with Crippen LogP contribution >= 0.6 is 0 Å². The molecule has 1 aliphatic heterocycles. The van der Waals surface area contributed by atoms with Crippen molar-refractivity contribution in [3.8, 4) is 5.75 Å². The van der Waals surface area contributed by atoms with E-state index in [1.807, 2.05) is 6.07 Å². The third kappa shape index (κ3) is 8.70. The number of rotatable bonds is 10. The number of nitrogens with two attached hydrogens (primary N) is 2. The highest BCUT2D eigenvalue weighted by molar-refractivity contribution is 5.92. The van der Waals surface area contributed by atoms with Crippen LogP contribution in [0.5, 0.6) is 5.75 Å². The van der Waals surface area contributed by atoms with E-state index in [-0.39, 0.29) is 30.5 Å². The third-order valence-electron chi connectivity index (χ3n) is 5.71. The van der Waals surface area contributed by atoms with Crippen molar-refractivity contribution in [1.82, 2.24) is 19.9 Å². The average Bonchev–Trinajstić information content (AvgIpc) is 2.86. The minimum absolute atomic E-state index is 0.0142. The number of alkyl halides is 4. The van der Waals surface area contributed by atoms with Crippen LogP contribution in [0.4, 0.5) is 17.6 Å². The molecule has 38 heavy (non-hydrogen) atoms. The number of hydrazine groups is 1. The summed E-state index contributed by atoms with van der Waals surface area (Å²) in [5.41, 5.74) is 6.16. The van der Waals surface area contributed by atoms with E-state index in [1.54, 1.807) is 17.2 Å². The average molecular weight is 538 g/mol. The van der Waals surface area contributed by atoms with E-state index in [0.29, 0.717) is 44.0 Å². The minimum Gasteiger partial charge on any atom is -0.489 e. The Bertz CT molecular complexity index is 1130. The van der Waals surface area contributed by atoms with Crippen LogP contribution in [0.1, 0.15) is 29.3 Å². The molecular weight excluding hydrogens is 506 g/mol. The normalized spacial score (nSPS) is 15.2. The van der Waals surface area contributed by atoms with Gasteiger partial charge in [0.05, 0.1) is 24.0 Å². The molecule has 2 heterocycles. The maximum absolute atomic E-state index is 13.2. The number of hydrogen-bond acceptors (Lipinski definition) is 7. The van der Waals surface area contributed by atoms with Gasteiger partial charge in [-0.25, -0.2) is 15.4 Å². The van der Waals surface area contributed by atoms with E-state index >= 15 is 0 Å². The Balaban J connectivity index is 1.60. The van der Waals surface area contributed by atoms with E-state index in [4.69, 9.17) is 16.3 Å². The summed E-state index contributed by atoms with van der Waals surface area (Å²) in [5.74, 6) is 6.17. The third-order valence-corrected chi connectivity index (χ3v) is 5.71. The summed E-state index contributed by atoms with van der Waals surface area (Å²) in [6.07, 6.45) is -0.149. The van der Waals surface area contributed by atoms with Crippen molar-refractivity contribution in [2.45, 2.75) is 26.2 Å². The van der Waals surface area contributed by atoms with Crippen LogP contribution in [0.3, 0.4) is 0 Å². The molecule has 1 aromatic carbocycles. The van der Waals surface area contributed by atoms with Gasteiger partial charge < -0.3 is 15.4 Å². The Morgan fingerprint density at radius 3 is 2.55 bits per heavy atom. The van der Waals surface area contributed by atoms with Gasteiger partial charge in [-0.05, 0) is 48.4 Å². The fraction of sp³-hybridized carbons (Fsp3) is 0.400. The number of benzene rings is 1. The molecule has 1 amide bonds. The summed E-state index contributed by atoms with van der Waals surface area (Å²) in [7, 11) is 0. The molecule has 4 N–H and O–H groups in total. The van der Waals surface area contributed by atoms with Crippen molar-refractivity contribution in [1.29, 1.82) is 0 Å². The standard InChI is InChI=1S/C25H31F4N7O2/c1-18(30)33-36(31)16-20-14-21(25(27,28)29)4-2-19(20)3-7-24(37)35-11-9-34(10-12-35)17-22-5-6-23(15-32-22)38-13-8-26/h2-7,14-15H,8-13,16-17,31H2,1H3,(H2,30,33)/b7-3+. The molecule has 2 aromatic rings. The molecule has 0 spiro atoms. The van der Waals surface area contributed by atoms with Gasteiger partial charge in [0.15, 0.2) is 0 Å². The molecule has 0 unspecified atom stereocenters. The van der Waals surface area contributed by atoms with Crippen molar-refractivity contribution in [2.24, 2.45) is 16.7 Å². The van der Waals surface area contributed by atoms with Gasteiger partial charge in [0.1, 0.15) is 24.9 Å². The lowest BCUT2D eigenvalue weighted by molar-refractivity contribution is -0.137. The lowest BCUT2D eigenvalue weighted by Gasteiger charge is -2.34. The Hall–Kier alpha value is -3.71. The van der Waals surface area contributed by atoms with E-state index in [0.717, 1.165) is 22.9 Å². The molecule has 13 heteroatoms. The molecule has 1 saturated heterocycles. The van der Waals surface area contributed by atoms with Crippen LogP contribution in [0.15, 0.2) is 47.7 Å². The fourth-order valence-electron chi connectivity index (χ4n) is 3.86. The highest BCUT2D eigenvalue weighted by Crippen LogP contribution is 2.31. The van der Waals surface area contributed by atoms with E-state index in [1.165, 1.54) is 25.1 Å². The first-order chi connectivity index (χ1) is 18.0. The van der Waals surface area contributed by atoms with Crippen LogP contribution in [0, 0.1) is 0 Å². The van der Waals surface area contributed by atoms with Crippen LogP contribution in [-0.2, 0) is 24.1 Å². The Morgan fingerprint density at radius 2 is 1.95 bits per heavy atom. The van der Waals surface area contributed by atoms with Gasteiger partial charge in [0.25, 0.3) is 0 Å². The quantitative estimate of drug-likeness (QED) is 0.120. The number of amidine groups is 1. The highest BCUT2D eigenvalue weighted by Gasteiger charge is 2.31. The number of hydrogen-bond donors (Lipinski definition) is 2. The second-order valence-electron chi connectivity index (χ2n) is 8.71. The van der Waals surface area contributed by atoms with Gasteiger partial charge in [-0.15, -0.1) is 5.10 Å². The minimum atomic E-state index is -4.53. The second kappa shape index (κ2) is 13.2. The predicted molar refractivity (Wildman–Crippen MR) is 135 cm³/mol. The fourth-order valence-corrected chi connectivity index (χ4v) is 3.86. The largest absolute Gasteiger partial charge is 0.489 e. The Morgan fingerprint density at radius 1 is 1.21 bits per heavy atom.